The fraction of sp³-hybridized carbons (Fsp3) is 0.111. The quantitative estimate of drug-likeness (QED) is 0.682. The Kier molecular flexibility index (Phi) is 4.04. The Balaban J connectivity index is 2.12. The topological polar surface area (TPSA) is 53.4 Å². The minimum absolute atomic E-state index is 0.0793. The van der Waals surface area contributed by atoms with E-state index in [1.807, 2.05) is 0 Å². The van der Waals surface area contributed by atoms with Gasteiger partial charge in [0, 0.05) is 24.1 Å². The number of aromatic nitrogens is 2. The molecular formula is C18H15FN2O3. The van der Waals surface area contributed by atoms with Gasteiger partial charge in [-0.3, -0.25) is 0 Å². The first-order chi connectivity index (χ1) is 11.6. The van der Waals surface area contributed by atoms with Gasteiger partial charge in [0.1, 0.15) is 11.3 Å². The Morgan fingerprint density at radius 1 is 1.29 bits per heavy atom. The maximum absolute atomic E-state index is 13.7. The third-order valence-corrected chi connectivity index (χ3v) is 3.68. The van der Waals surface area contributed by atoms with E-state index in [1.165, 1.54) is 19.2 Å². The number of carbonyl (C=O) groups is 1. The summed E-state index contributed by atoms with van der Waals surface area (Å²) in [4.78, 5) is 16.4. The van der Waals surface area contributed by atoms with Gasteiger partial charge < -0.3 is 14.0 Å². The second kappa shape index (κ2) is 6.16. The van der Waals surface area contributed by atoms with Crippen LogP contribution in [0.15, 0.2) is 43.0 Å². The van der Waals surface area contributed by atoms with Gasteiger partial charge in [-0.05, 0) is 18.2 Å². The average Bonchev–Trinajstić information content (AvgIpc) is 2.88. The highest BCUT2D eigenvalue weighted by Crippen LogP contribution is 2.29. The number of hydrogen-bond acceptors (Lipinski definition) is 4. The standard InChI is InChI=1S/C18H15FN2O3/c1-4-11-12-9-10-15(24-14-8-6-5-7-13(14)19)20-17(12)21(2)16(11)18(22)23-3/h4-10H,1H2,2-3H3. The zero-order valence-electron chi connectivity index (χ0n) is 13.2. The van der Waals surface area contributed by atoms with E-state index in [1.54, 1.807) is 42.0 Å². The number of benzene rings is 1. The number of halogens is 1. The zero-order chi connectivity index (χ0) is 17.3. The molecule has 5 nitrogen and oxygen atoms in total. The van der Waals surface area contributed by atoms with Crippen molar-refractivity contribution in [3.8, 4) is 11.6 Å². The molecule has 3 aromatic rings. The molecule has 0 amide bonds. The smallest absolute Gasteiger partial charge is 0.355 e. The van der Waals surface area contributed by atoms with Crippen LogP contribution in [-0.4, -0.2) is 22.6 Å². The average molecular weight is 326 g/mol. The molecule has 24 heavy (non-hydrogen) atoms. The van der Waals surface area contributed by atoms with Gasteiger partial charge in [-0.15, -0.1) is 0 Å². The molecule has 122 valence electrons. The van der Waals surface area contributed by atoms with E-state index in [4.69, 9.17) is 9.47 Å². The molecule has 0 unspecified atom stereocenters. The summed E-state index contributed by atoms with van der Waals surface area (Å²) >= 11 is 0. The molecule has 0 radical (unpaired) electrons. The first-order valence-electron chi connectivity index (χ1n) is 7.19. The first kappa shape index (κ1) is 15.7. The van der Waals surface area contributed by atoms with Crippen LogP contribution in [-0.2, 0) is 11.8 Å². The molecule has 0 saturated carbocycles. The van der Waals surface area contributed by atoms with Crippen LogP contribution in [0.2, 0.25) is 0 Å². The molecule has 0 fully saturated rings. The van der Waals surface area contributed by atoms with Gasteiger partial charge in [0.15, 0.2) is 11.6 Å². The van der Waals surface area contributed by atoms with E-state index in [0.717, 1.165) is 5.39 Å². The Hall–Kier alpha value is -3.15. The Morgan fingerprint density at radius 2 is 2.04 bits per heavy atom. The number of rotatable bonds is 4. The summed E-state index contributed by atoms with van der Waals surface area (Å²) in [6.07, 6.45) is 1.58. The number of ether oxygens (including phenoxy) is 2. The number of carbonyl (C=O) groups excluding carboxylic acids is 1. The summed E-state index contributed by atoms with van der Waals surface area (Å²) in [6.45, 7) is 3.74. The molecule has 0 aliphatic carbocycles. The molecule has 0 bridgehead atoms. The van der Waals surface area contributed by atoms with E-state index in [-0.39, 0.29) is 11.6 Å². The SMILES string of the molecule is C=Cc1c(C(=O)OC)n(C)c2nc(Oc3ccccc3F)ccc12. The van der Waals surface area contributed by atoms with Gasteiger partial charge in [-0.1, -0.05) is 24.8 Å². The number of aryl methyl sites for hydroxylation is 1. The van der Waals surface area contributed by atoms with Crippen LogP contribution in [0.5, 0.6) is 11.6 Å². The summed E-state index contributed by atoms with van der Waals surface area (Å²) < 4.78 is 25.6. The number of hydrogen-bond donors (Lipinski definition) is 0. The predicted molar refractivity (Wildman–Crippen MR) is 88.6 cm³/mol. The van der Waals surface area contributed by atoms with Crippen LogP contribution in [0.1, 0.15) is 16.1 Å². The van der Waals surface area contributed by atoms with Crippen LogP contribution >= 0.6 is 0 Å². The Morgan fingerprint density at radius 3 is 2.71 bits per heavy atom. The van der Waals surface area contributed by atoms with Crippen molar-refractivity contribution in [3.05, 3.63) is 60.1 Å². The van der Waals surface area contributed by atoms with Crippen LogP contribution < -0.4 is 4.74 Å². The molecule has 2 heterocycles. The molecular weight excluding hydrogens is 311 g/mol. The molecule has 0 saturated heterocycles. The van der Waals surface area contributed by atoms with Gasteiger partial charge in [0.2, 0.25) is 5.88 Å². The third kappa shape index (κ3) is 2.52. The normalized spacial score (nSPS) is 10.6. The molecule has 2 aromatic heterocycles. The van der Waals surface area contributed by atoms with E-state index >= 15 is 0 Å². The molecule has 3 rings (SSSR count). The van der Waals surface area contributed by atoms with Gasteiger partial charge in [-0.25, -0.2) is 9.18 Å². The molecule has 6 heteroatoms. The lowest BCUT2D eigenvalue weighted by Crippen LogP contribution is -2.09. The van der Waals surface area contributed by atoms with Crippen molar-refractivity contribution in [2.75, 3.05) is 7.11 Å². The number of nitrogens with zero attached hydrogens (tertiary/aromatic N) is 2. The molecule has 0 aliphatic heterocycles. The summed E-state index contributed by atoms with van der Waals surface area (Å²) in [5.41, 5.74) is 1.49. The largest absolute Gasteiger partial charge is 0.464 e. The van der Waals surface area contributed by atoms with Crippen molar-refractivity contribution in [2.24, 2.45) is 7.05 Å². The van der Waals surface area contributed by atoms with E-state index in [9.17, 15) is 9.18 Å². The fourth-order valence-corrected chi connectivity index (χ4v) is 2.56. The summed E-state index contributed by atoms with van der Waals surface area (Å²) in [7, 11) is 3.01. The third-order valence-electron chi connectivity index (χ3n) is 3.68. The van der Waals surface area contributed by atoms with Gasteiger partial charge >= 0.3 is 5.97 Å². The predicted octanol–water partition coefficient (Wildman–Crippen LogP) is 3.93. The highest BCUT2D eigenvalue weighted by atomic mass is 19.1. The van der Waals surface area contributed by atoms with Crippen LogP contribution in [0.4, 0.5) is 4.39 Å². The van der Waals surface area contributed by atoms with Crippen LogP contribution in [0, 0.1) is 5.82 Å². The maximum Gasteiger partial charge on any atom is 0.355 e. The number of para-hydroxylation sites is 1. The van der Waals surface area contributed by atoms with E-state index in [0.29, 0.717) is 16.9 Å². The first-order valence-corrected chi connectivity index (χ1v) is 7.19. The van der Waals surface area contributed by atoms with Crippen molar-refractivity contribution < 1.29 is 18.7 Å². The van der Waals surface area contributed by atoms with Crippen molar-refractivity contribution in [1.82, 2.24) is 9.55 Å². The molecule has 0 aliphatic rings. The zero-order valence-corrected chi connectivity index (χ0v) is 13.2. The van der Waals surface area contributed by atoms with Crippen LogP contribution in [0.3, 0.4) is 0 Å². The second-order valence-electron chi connectivity index (χ2n) is 5.07. The van der Waals surface area contributed by atoms with Crippen molar-refractivity contribution in [2.45, 2.75) is 0 Å². The summed E-state index contributed by atoms with van der Waals surface area (Å²) in [6, 6.07) is 9.44. The number of pyridine rings is 1. The highest BCUT2D eigenvalue weighted by molar-refractivity contribution is 6.02. The number of fused-ring (bicyclic) bond motifs is 1. The van der Waals surface area contributed by atoms with Crippen molar-refractivity contribution in [1.29, 1.82) is 0 Å². The van der Waals surface area contributed by atoms with Crippen molar-refractivity contribution >= 4 is 23.1 Å². The molecule has 1 aromatic carbocycles. The maximum atomic E-state index is 13.7. The highest BCUT2D eigenvalue weighted by Gasteiger charge is 2.21. The van der Waals surface area contributed by atoms with Gasteiger partial charge in [0.25, 0.3) is 0 Å². The van der Waals surface area contributed by atoms with Gasteiger partial charge in [-0.2, -0.15) is 4.98 Å². The second-order valence-corrected chi connectivity index (χ2v) is 5.07. The number of methoxy groups -OCH3 is 1. The Bertz CT molecular complexity index is 947. The molecule has 0 N–H and O–H groups in total. The minimum Gasteiger partial charge on any atom is -0.464 e. The van der Waals surface area contributed by atoms with E-state index in [2.05, 4.69) is 11.6 Å². The summed E-state index contributed by atoms with van der Waals surface area (Å²) in [5, 5.41) is 0.730. The lowest BCUT2D eigenvalue weighted by Gasteiger charge is -2.06. The Labute approximate surface area is 137 Å². The van der Waals surface area contributed by atoms with Crippen molar-refractivity contribution in [3.63, 3.8) is 0 Å². The van der Waals surface area contributed by atoms with Crippen LogP contribution in [0.25, 0.3) is 17.1 Å². The molecule has 0 atom stereocenters. The lowest BCUT2D eigenvalue weighted by molar-refractivity contribution is 0.0590. The minimum atomic E-state index is -0.484. The van der Waals surface area contributed by atoms with E-state index < -0.39 is 11.8 Å². The monoisotopic (exact) mass is 326 g/mol. The molecule has 0 spiro atoms. The van der Waals surface area contributed by atoms with Gasteiger partial charge in [0.05, 0.1) is 7.11 Å². The number of esters is 1. The summed E-state index contributed by atoms with van der Waals surface area (Å²) in [5.74, 6) is -0.661. The fourth-order valence-electron chi connectivity index (χ4n) is 2.56. The lowest BCUT2D eigenvalue weighted by atomic mass is 10.1.